The molecule has 1 aliphatic rings. The summed E-state index contributed by atoms with van der Waals surface area (Å²) in [6.07, 6.45) is 1.08. The molecule has 4 rings (SSSR count). The maximum absolute atomic E-state index is 13.5. The molecule has 1 aromatic carbocycles. The lowest BCUT2D eigenvalue weighted by Crippen LogP contribution is -2.35. The van der Waals surface area contributed by atoms with Gasteiger partial charge in [0.05, 0.1) is 23.9 Å². The minimum absolute atomic E-state index is 0.0968. The highest BCUT2D eigenvalue weighted by Gasteiger charge is 2.22. The Hall–Kier alpha value is -2.47. The van der Waals surface area contributed by atoms with Crippen LogP contribution in [-0.2, 0) is 18.3 Å². The first-order valence-corrected chi connectivity index (χ1v) is 7.99. The highest BCUT2D eigenvalue weighted by molar-refractivity contribution is 5.76. The summed E-state index contributed by atoms with van der Waals surface area (Å²) < 4.78 is 22.2. The van der Waals surface area contributed by atoms with Gasteiger partial charge in [-0.1, -0.05) is 0 Å². The highest BCUT2D eigenvalue weighted by Crippen LogP contribution is 2.23. The molecule has 1 saturated heterocycles. The van der Waals surface area contributed by atoms with E-state index in [1.807, 2.05) is 12.1 Å². The number of aromatic nitrogens is 3. The number of halogens is 1. The Kier molecular flexibility index (Phi) is 3.49. The number of fused-ring (bicyclic) bond motifs is 1. The summed E-state index contributed by atoms with van der Waals surface area (Å²) >= 11 is 0. The van der Waals surface area contributed by atoms with Gasteiger partial charge in [0.1, 0.15) is 5.82 Å². The maximum Gasteiger partial charge on any atom is 0.330 e. The van der Waals surface area contributed by atoms with E-state index in [1.54, 1.807) is 35.2 Å². The van der Waals surface area contributed by atoms with Crippen LogP contribution in [0.5, 0.6) is 0 Å². The summed E-state index contributed by atoms with van der Waals surface area (Å²) in [6.45, 7) is 3.03. The zero-order valence-corrected chi connectivity index (χ0v) is 13.6. The zero-order valence-electron chi connectivity index (χ0n) is 13.6. The Morgan fingerprint density at radius 1 is 1.33 bits per heavy atom. The van der Waals surface area contributed by atoms with Gasteiger partial charge in [0, 0.05) is 19.2 Å². The molecule has 0 N–H and O–H groups in total. The number of rotatable bonds is 3. The molecule has 24 heavy (non-hydrogen) atoms. The maximum atomic E-state index is 13.5. The van der Waals surface area contributed by atoms with Crippen LogP contribution in [0.3, 0.4) is 0 Å². The van der Waals surface area contributed by atoms with E-state index in [0.29, 0.717) is 17.8 Å². The Balaban J connectivity index is 1.82. The molecule has 0 radical (unpaired) electrons. The van der Waals surface area contributed by atoms with Crippen LogP contribution >= 0.6 is 0 Å². The van der Waals surface area contributed by atoms with E-state index < -0.39 is 0 Å². The van der Waals surface area contributed by atoms with Crippen LogP contribution in [0.2, 0.25) is 0 Å². The Labute approximate surface area is 138 Å². The minimum atomic E-state index is -0.237. The van der Waals surface area contributed by atoms with Gasteiger partial charge in [0.15, 0.2) is 5.65 Å². The van der Waals surface area contributed by atoms with Crippen molar-refractivity contribution in [3.05, 3.63) is 52.2 Å². The van der Waals surface area contributed by atoms with E-state index in [-0.39, 0.29) is 17.6 Å². The van der Waals surface area contributed by atoms with E-state index in [1.165, 1.54) is 6.07 Å². The lowest BCUT2D eigenvalue weighted by atomic mass is 10.1. The van der Waals surface area contributed by atoms with Crippen molar-refractivity contribution in [2.45, 2.75) is 26.0 Å². The van der Waals surface area contributed by atoms with Gasteiger partial charge in [0.2, 0.25) is 0 Å². The van der Waals surface area contributed by atoms with E-state index in [0.717, 1.165) is 29.8 Å². The van der Waals surface area contributed by atoms with E-state index >= 15 is 0 Å². The summed E-state index contributed by atoms with van der Waals surface area (Å²) in [5, 5.41) is 0. The lowest BCUT2D eigenvalue weighted by molar-refractivity contribution is -0.0591. The van der Waals surface area contributed by atoms with Gasteiger partial charge in [-0.05, 0) is 49.2 Å². The topological polar surface area (TPSA) is 49.0 Å². The van der Waals surface area contributed by atoms with Gasteiger partial charge >= 0.3 is 5.69 Å². The molecule has 124 valence electrons. The van der Waals surface area contributed by atoms with Gasteiger partial charge in [-0.2, -0.15) is 0 Å². The van der Waals surface area contributed by atoms with E-state index in [9.17, 15) is 9.18 Å². The molecule has 3 aromatic rings. The molecule has 1 aliphatic heterocycles. The molecule has 0 saturated carbocycles. The van der Waals surface area contributed by atoms with Gasteiger partial charge in [-0.25, -0.2) is 14.2 Å². The molecule has 0 bridgehead atoms. The van der Waals surface area contributed by atoms with Crippen molar-refractivity contribution in [1.29, 1.82) is 0 Å². The summed E-state index contributed by atoms with van der Waals surface area (Å²) in [5.74, 6) is -0.237. The summed E-state index contributed by atoms with van der Waals surface area (Å²) in [4.78, 5) is 17.1. The monoisotopic (exact) mass is 327 g/mol. The fourth-order valence-electron chi connectivity index (χ4n) is 3.05. The van der Waals surface area contributed by atoms with Crippen LogP contribution in [0.25, 0.3) is 22.4 Å². The molecule has 6 heteroatoms. The molecule has 1 atom stereocenters. The predicted molar refractivity (Wildman–Crippen MR) is 89.5 cm³/mol. The van der Waals surface area contributed by atoms with Gasteiger partial charge in [0.25, 0.3) is 0 Å². The molecule has 3 heterocycles. The summed E-state index contributed by atoms with van der Waals surface area (Å²) in [5.41, 5.74) is 3.44. The minimum Gasteiger partial charge on any atom is -0.376 e. The molecule has 0 amide bonds. The third-order valence-corrected chi connectivity index (χ3v) is 4.61. The SMILES string of the molecule is Cc1cc(-c2ccc3c(n2)n(C)c(=O)n3CC2CCO2)ccc1F. The standard InChI is InChI=1S/C18H18FN3O2/c1-11-9-12(3-4-14(11)19)15-5-6-16-17(20-15)21(2)18(23)22(16)10-13-7-8-24-13/h3-6,9,13H,7-8,10H2,1-2H3. The third kappa shape index (κ3) is 2.34. The number of hydrogen-bond donors (Lipinski definition) is 0. The van der Waals surface area contributed by atoms with Crippen LogP contribution in [0.15, 0.2) is 35.1 Å². The number of benzene rings is 1. The number of pyridine rings is 1. The Morgan fingerprint density at radius 2 is 2.12 bits per heavy atom. The van der Waals surface area contributed by atoms with Gasteiger partial charge < -0.3 is 4.74 Å². The van der Waals surface area contributed by atoms with Gasteiger partial charge in [-0.3, -0.25) is 9.13 Å². The Bertz CT molecular complexity index is 986. The fraction of sp³-hybridized carbons (Fsp3) is 0.333. The molecular weight excluding hydrogens is 309 g/mol. The molecule has 5 nitrogen and oxygen atoms in total. The van der Waals surface area contributed by atoms with Crippen LogP contribution in [0.4, 0.5) is 4.39 Å². The molecule has 0 spiro atoms. The predicted octanol–water partition coefficient (Wildman–Crippen LogP) is 2.64. The second-order valence-corrected chi connectivity index (χ2v) is 6.24. The Morgan fingerprint density at radius 3 is 2.79 bits per heavy atom. The number of hydrogen-bond acceptors (Lipinski definition) is 3. The number of aryl methyl sites for hydroxylation is 2. The van der Waals surface area contributed by atoms with Crippen molar-refractivity contribution in [2.24, 2.45) is 7.05 Å². The van der Waals surface area contributed by atoms with Crippen molar-refractivity contribution in [3.8, 4) is 11.3 Å². The van der Waals surface area contributed by atoms with E-state index in [4.69, 9.17) is 4.74 Å². The second-order valence-electron chi connectivity index (χ2n) is 6.24. The van der Waals surface area contributed by atoms with E-state index in [2.05, 4.69) is 4.98 Å². The van der Waals surface area contributed by atoms with Crippen molar-refractivity contribution < 1.29 is 9.13 Å². The van der Waals surface area contributed by atoms with Crippen molar-refractivity contribution in [3.63, 3.8) is 0 Å². The van der Waals surface area contributed by atoms with Gasteiger partial charge in [-0.15, -0.1) is 0 Å². The fourth-order valence-corrected chi connectivity index (χ4v) is 3.05. The van der Waals surface area contributed by atoms with Crippen LogP contribution in [0.1, 0.15) is 12.0 Å². The molecule has 1 unspecified atom stereocenters. The lowest BCUT2D eigenvalue weighted by Gasteiger charge is -2.26. The van der Waals surface area contributed by atoms with Crippen molar-refractivity contribution >= 4 is 11.2 Å². The first-order chi connectivity index (χ1) is 11.5. The third-order valence-electron chi connectivity index (χ3n) is 4.61. The highest BCUT2D eigenvalue weighted by atomic mass is 19.1. The number of ether oxygens (including phenoxy) is 1. The average molecular weight is 327 g/mol. The zero-order chi connectivity index (χ0) is 16.8. The first kappa shape index (κ1) is 15.1. The number of imidazole rings is 1. The first-order valence-electron chi connectivity index (χ1n) is 7.99. The summed E-state index contributed by atoms with van der Waals surface area (Å²) in [6, 6.07) is 8.67. The molecule has 2 aromatic heterocycles. The second kappa shape index (κ2) is 5.56. The summed E-state index contributed by atoms with van der Waals surface area (Å²) in [7, 11) is 1.72. The van der Waals surface area contributed by atoms with Crippen LogP contribution in [0, 0.1) is 12.7 Å². The van der Waals surface area contributed by atoms with Crippen LogP contribution < -0.4 is 5.69 Å². The normalized spacial score (nSPS) is 17.2. The average Bonchev–Trinajstić information content (AvgIpc) is 2.77. The smallest absolute Gasteiger partial charge is 0.330 e. The molecule has 0 aliphatic carbocycles. The number of nitrogens with zero attached hydrogens (tertiary/aromatic N) is 3. The largest absolute Gasteiger partial charge is 0.376 e. The molecular formula is C18H18FN3O2. The van der Waals surface area contributed by atoms with Crippen molar-refractivity contribution in [2.75, 3.05) is 6.61 Å². The van der Waals surface area contributed by atoms with Crippen LogP contribution in [-0.4, -0.2) is 26.8 Å². The van der Waals surface area contributed by atoms with Crippen molar-refractivity contribution in [1.82, 2.24) is 14.1 Å². The quantitative estimate of drug-likeness (QED) is 0.743. The molecule has 1 fully saturated rings.